The van der Waals surface area contributed by atoms with Gasteiger partial charge in [-0.2, -0.15) is 0 Å². The lowest BCUT2D eigenvalue weighted by molar-refractivity contribution is 0.141. The molecule has 1 aliphatic heterocycles. The molecule has 19 heavy (non-hydrogen) atoms. The average molecular weight is 262 g/mol. The summed E-state index contributed by atoms with van der Waals surface area (Å²) in [5, 5.41) is 0. The molecular formula is C17H30N2. The van der Waals surface area contributed by atoms with Gasteiger partial charge in [-0.1, -0.05) is 32.4 Å². The summed E-state index contributed by atoms with van der Waals surface area (Å²) in [5.74, 6) is 0. The van der Waals surface area contributed by atoms with Gasteiger partial charge in [0.25, 0.3) is 0 Å². The number of nitrogens with zero attached hydrogens (tertiary/aromatic N) is 1. The summed E-state index contributed by atoms with van der Waals surface area (Å²) in [6.07, 6.45) is 12.5. The fourth-order valence-electron chi connectivity index (χ4n) is 3.40. The second-order valence-corrected chi connectivity index (χ2v) is 5.72. The summed E-state index contributed by atoms with van der Waals surface area (Å²) >= 11 is 0. The van der Waals surface area contributed by atoms with Crippen LogP contribution in [-0.2, 0) is 0 Å². The van der Waals surface area contributed by atoms with Gasteiger partial charge in [0, 0.05) is 12.1 Å². The van der Waals surface area contributed by atoms with Crippen LogP contribution in [-0.4, -0.2) is 23.5 Å². The van der Waals surface area contributed by atoms with Gasteiger partial charge in [-0.15, -0.1) is 5.73 Å². The van der Waals surface area contributed by atoms with E-state index in [2.05, 4.69) is 36.4 Å². The maximum atomic E-state index is 4.61. The molecule has 0 aromatic carbocycles. The Morgan fingerprint density at radius 1 is 1.26 bits per heavy atom. The van der Waals surface area contributed by atoms with Crippen LogP contribution in [0.4, 0.5) is 0 Å². The van der Waals surface area contributed by atoms with Gasteiger partial charge in [-0.05, 0) is 57.3 Å². The lowest BCUT2D eigenvalue weighted by Crippen LogP contribution is -2.40. The maximum absolute atomic E-state index is 4.61. The topological polar surface area (TPSA) is 29.3 Å². The van der Waals surface area contributed by atoms with Gasteiger partial charge in [0.15, 0.2) is 0 Å². The zero-order chi connectivity index (χ0) is 14.1. The van der Waals surface area contributed by atoms with Crippen molar-refractivity contribution < 1.29 is 0 Å². The highest BCUT2D eigenvalue weighted by Gasteiger charge is 2.31. The van der Waals surface area contributed by atoms with Crippen LogP contribution in [0.3, 0.4) is 0 Å². The molecule has 2 aliphatic rings. The second-order valence-electron chi connectivity index (χ2n) is 5.72. The summed E-state index contributed by atoms with van der Waals surface area (Å²) in [6, 6.07) is 1.68. The maximum Gasteiger partial charge on any atom is 0.0142 e. The van der Waals surface area contributed by atoms with Gasteiger partial charge in [-0.3, -0.25) is 4.90 Å². The van der Waals surface area contributed by atoms with Crippen molar-refractivity contribution in [1.82, 2.24) is 4.90 Å². The molecule has 2 rings (SSSR count). The molecular weight excluding hydrogens is 232 g/mol. The quantitative estimate of drug-likeness (QED) is 0.779. The molecule has 1 aliphatic carbocycles. The molecule has 2 fully saturated rings. The number of nitrogens with two attached hydrogens (primary N) is 1. The first kappa shape index (κ1) is 16.1. The minimum absolute atomic E-state index is 0.789. The predicted octanol–water partition coefficient (Wildman–Crippen LogP) is 3.99. The molecule has 0 spiro atoms. The highest BCUT2D eigenvalue weighted by molar-refractivity contribution is 5.00. The Hall–Kier alpha value is -0.980. The molecule has 0 bridgehead atoms. The van der Waals surface area contributed by atoms with E-state index in [-0.39, 0.29) is 0 Å². The Labute approximate surface area is 119 Å². The van der Waals surface area contributed by atoms with Crippen molar-refractivity contribution in [2.75, 3.05) is 6.54 Å². The molecule has 108 valence electrons. The van der Waals surface area contributed by atoms with E-state index < -0.39 is 0 Å². The molecule has 0 aromatic heterocycles. The normalized spacial score (nSPS) is 24.2. The van der Waals surface area contributed by atoms with Crippen molar-refractivity contribution >= 4 is 0 Å². The van der Waals surface area contributed by atoms with Crippen LogP contribution in [0.15, 0.2) is 30.7 Å². The Balaban J connectivity index is 0.000000550. The van der Waals surface area contributed by atoms with E-state index in [0.29, 0.717) is 0 Å². The SMILES string of the molecule is C=C=C(C)C[C@@H]1CCCN1C1CCCCC1.C=CN. The third-order valence-electron chi connectivity index (χ3n) is 4.31. The van der Waals surface area contributed by atoms with Crippen LogP contribution < -0.4 is 5.73 Å². The van der Waals surface area contributed by atoms with Crippen molar-refractivity contribution in [1.29, 1.82) is 0 Å². The Morgan fingerprint density at radius 3 is 2.47 bits per heavy atom. The lowest BCUT2D eigenvalue weighted by Gasteiger charge is -2.35. The minimum Gasteiger partial charge on any atom is -0.405 e. The van der Waals surface area contributed by atoms with Crippen LogP contribution in [0.2, 0.25) is 0 Å². The first-order valence-electron chi connectivity index (χ1n) is 7.66. The molecule has 0 amide bonds. The number of hydrogen-bond donors (Lipinski definition) is 1. The van der Waals surface area contributed by atoms with Gasteiger partial charge in [0.1, 0.15) is 0 Å². The zero-order valence-corrected chi connectivity index (χ0v) is 12.5. The molecule has 1 saturated carbocycles. The highest BCUT2D eigenvalue weighted by atomic mass is 15.2. The van der Waals surface area contributed by atoms with Crippen LogP contribution >= 0.6 is 0 Å². The first-order valence-corrected chi connectivity index (χ1v) is 7.66. The molecule has 0 radical (unpaired) electrons. The van der Waals surface area contributed by atoms with Crippen molar-refractivity contribution in [3.8, 4) is 0 Å². The lowest BCUT2D eigenvalue weighted by atomic mass is 9.93. The third kappa shape index (κ3) is 5.26. The Morgan fingerprint density at radius 2 is 1.89 bits per heavy atom. The number of rotatable bonds is 3. The van der Waals surface area contributed by atoms with Gasteiger partial charge in [-0.25, -0.2) is 0 Å². The van der Waals surface area contributed by atoms with Gasteiger partial charge < -0.3 is 5.73 Å². The highest BCUT2D eigenvalue weighted by Crippen LogP contribution is 2.31. The monoisotopic (exact) mass is 262 g/mol. The van der Waals surface area contributed by atoms with Gasteiger partial charge >= 0.3 is 0 Å². The summed E-state index contributed by atoms with van der Waals surface area (Å²) in [6.45, 7) is 10.4. The second kappa shape index (κ2) is 9.01. The van der Waals surface area contributed by atoms with E-state index in [0.717, 1.165) is 12.1 Å². The van der Waals surface area contributed by atoms with Crippen LogP contribution in [0.1, 0.15) is 58.3 Å². The van der Waals surface area contributed by atoms with Crippen LogP contribution in [0.25, 0.3) is 0 Å². The molecule has 1 saturated heterocycles. The summed E-state index contributed by atoms with van der Waals surface area (Å²) in [7, 11) is 0. The van der Waals surface area contributed by atoms with Crippen molar-refractivity contribution in [2.24, 2.45) is 5.73 Å². The predicted molar refractivity (Wildman–Crippen MR) is 83.9 cm³/mol. The van der Waals surface area contributed by atoms with Crippen molar-refractivity contribution in [3.05, 3.63) is 30.7 Å². The summed E-state index contributed by atoms with van der Waals surface area (Å²) in [5.41, 5.74) is 9.01. The van der Waals surface area contributed by atoms with E-state index in [1.54, 1.807) is 0 Å². The molecule has 2 N–H and O–H groups in total. The molecule has 0 aromatic rings. The molecule has 0 unspecified atom stereocenters. The average Bonchev–Trinajstić information content (AvgIpc) is 2.88. The fourth-order valence-corrected chi connectivity index (χ4v) is 3.40. The van der Waals surface area contributed by atoms with E-state index in [1.807, 2.05) is 0 Å². The van der Waals surface area contributed by atoms with Crippen molar-refractivity contribution in [3.63, 3.8) is 0 Å². The number of hydrogen-bond acceptors (Lipinski definition) is 2. The van der Waals surface area contributed by atoms with E-state index in [1.165, 1.54) is 69.7 Å². The smallest absolute Gasteiger partial charge is 0.0142 e. The van der Waals surface area contributed by atoms with E-state index in [9.17, 15) is 0 Å². The third-order valence-corrected chi connectivity index (χ3v) is 4.31. The van der Waals surface area contributed by atoms with E-state index in [4.69, 9.17) is 0 Å². The summed E-state index contributed by atoms with van der Waals surface area (Å²) in [4.78, 5) is 2.79. The van der Waals surface area contributed by atoms with E-state index >= 15 is 0 Å². The zero-order valence-electron chi connectivity index (χ0n) is 12.5. The first-order chi connectivity index (χ1) is 9.22. The molecule has 2 nitrogen and oxygen atoms in total. The summed E-state index contributed by atoms with van der Waals surface area (Å²) < 4.78 is 0. The van der Waals surface area contributed by atoms with Crippen LogP contribution in [0, 0.1) is 0 Å². The Kier molecular flexibility index (Phi) is 7.62. The molecule has 2 heteroatoms. The molecule has 1 heterocycles. The minimum atomic E-state index is 0.789. The van der Waals surface area contributed by atoms with Crippen molar-refractivity contribution in [2.45, 2.75) is 70.4 Å². The van der Waals surface area contributed by atoms with Crippen LogP contribution in [0.5, 0.6) is 0 Å². The van der Waals surface area contributed by atoms with Gasteiger partial charge in [0.2, 0.25) is 0 Å². The fraction of sp³-hybridized carbons (Fsp3) is 0.706. The van der Waals surface area contributed by atoms with Gasteiger partial charge in [0.05, 0.1) is 0 Å². The standard InChI is InChI=1S/C15H25N.C2H5N/c1-3-13(2)12-15-10-7-11-16(15)14-8-5-4-6-9-14;1-2-3/h14-15H,1,4-12H2,2H3;2H,1,3H2/t15-;/m0./s1. The Bertz CT molecular complexity index is 309. The molecule has 1 atom stereocenters. The number of likely N-dealkylation sites (tertiary alicyclic amines) is 1. The largest absolute Gasteiger partial charge is 0.405 e.